The van der Waals surface area contributed by atoms with Gasteiger partial charge >= 0.3 is 5.97 Å². The van der Waals surface area contributed by atoms with E-state index in [9.17, 15) is 4.79 Å². The number of aryl methyl sites for hydroxylation is 2. The Bertz CT molecular complexity index is 345. The fourth-order valence-corrected chi connectivity index (χ4v) is 2.88. The number of nitrogens with zero attached hydrogens (tertiary/aromatic N) is 1. The Hall–Kier alpha value is -0.900. The topological polar surface area (TPSA) is 50.2 Å². The summed E-state index contributed by atoms with van der Waals surface area (Å²) in [4.78, 5) is 16.2. The van der Waals surface area contributed by atoms with Crippen molar-refractivity contribution in [3.8, 4) is 0 Å². The molecule has 0 radical (unpaired) electrons. The summed E-state index contributed by atoms with van der Waals surface area (Å²) in [5.74, 6) is -1.00. The molecule has 3 nitrogen and oxygen atoms in total. The van der Waals surface area contributed by atoms with Crippen LogP contribution in [0.25, 0.3) is 0 Å². The average Bonchev–Trinajstić information content (AvgIpc) is 2.43. The lowest BCUT2D eigenvalue weighted by atomic mass is 9.92. The zero-order valence-electron chi connectivity index (χ0n) is 7.41. The quantitative estimate of drug-likeness (QED) is 0.748. The second-order valence-corrected chi connectivity index (χ2v) is 4.56. The molecular formula is C9H11NO2S. The maximum atomic E-state index is 10.9. The van der Waals surface area contributed by atoms with Crippen molar-refractivity contribution in [2.24, 2.45) is 0 Å². The first-order valence-corrected chi connectivity index (χ1v) is 5.19. The molecular weight excluding hydrogens is 186 g/mol. The van der Waals surface area contributed by atoms with Crippen molar-refractivity contribution in [2.75, 3.05) is 0 Å². The van der Waals surface area contributed by atoms with E-state index in [4.69, 9.17) is 5.11 Å². The molecule has 0 spiro atoms. The first-order valence-electron chi connectivity index (χ1n) is 4.37. The van der Waals surface area contributed by atoms with Gasteiger partial charge in [0.25, 0.3) is 0 Å². The normalized spacial score (nSPS) is 21.2. The van der Waals surface area contributed by atoms with Crippen LogP contribution < -0.4 is 0 Å². The van der Waals surface area contributed by atoms with Crippen LogP contribution in [0.1, 0.15) is 34.3 Å². The lowest BCUT2D eigenvalue weighted by Gasteiger charge is -2.16. The molecule has 0 aromatic carbocycles. The monoisotopic (exact) mass is 197 g/mol. The molecule has 70 valence electrons. The fourth-order valence-electron chi connectivity index (χ4n) is 1.78. The summed E-state index contributed by atoms with van der Waals surface area (Å²) in [6, 6.07) is 0. The molecule has 0 aliphatic heterocycles. The smallest absolute Gasteiger partial charge is 0.311 e. The number of carboxylic acids is 1. The standard InChI is InChI=1S/C9H11NO2S/c1-5-10-7-4-2-3-6(9(11)12)8(7)13-5/h6H,2-4H2,1H3,(H,11,12). The molecule has 1 atom stereocenters. The molecule has 1 aromatic rings. The number of fused-ring (bicyclic) bond motifs is 1. The van der Waals surface area contributed by atoms with Gasteiger partial charge in [-0.25, -0.2) is 4.98 Å². The van der Waals surface area contributed by atoms with Crippen LogP contribution in [0.2, 0.25) is 0 Å². The van der Waals surface area contributed by atoms with Crippen LogP contribution in [-0.4, -0.2) is 16.1 Å². The Balaban J connectivity index is 2.41. The molecule has 0 amide bonds. The second-order valence-electron chi connectivity index (χ2n) is 3.33. The van der Waals surface area contributed by atoms with Crippen LogP contribution in [0.15, 0.2) is 0 Å². The zero-order valence-corrected chi connectivity index (χ0v) is 8.23. The zero-order chi connectivity index (χ0) is 9.42. The highest BCUT2D eigenvalue weighted by Crippen LogP contribution is 2.35. The number of thiazole rings is 1. The van der Waals surface area contributed by atoms with E-state index in [-0.39, 0.29) is 5.92 Å². The van der Waals surface area contributed by atoms with Crippen molar-refractivity contribution in [3.63, 3.8) is 0 Å². The van der Waals surface area contributed by atoms with Gasteiger partial charge in [0.05, 0.1) is 16.6 Å². The van der Waals surface area contributed by atoms with Gasteiger partial charge in [-0.3, -0.25) is 4.79 Å². The summed E-state index contributed by atoms with van der Waals surface area (Å²) >= 11 is 1.53. The number of carbonyl (C=O) groups is 1. The molecule has 4 heteroatoms. The van der Waals surface area contributed by atoms with E-state index in [0.29, 0.717) is 0 Å². The van der Waals surface area contributed by atoms with E-state index < -0.39 is 5.97 Å². The Morgan fingerprint density at radius 3 is 3.15 bits per heavy atom. The van der Waals surface area contributed by atoms with Gasteiger partial charge in [-0.1, -0.05) is 0 Å². The minimum atomic E-state index is -0.704. The summed E-state index contributed by atoms with van der Waals surface area (Å²) in [5, 5.41) is 9.96. The van der Waals surface area contributed by atoms with E-state index in [2.05, 4.69) is 4.98 Å². The molecule has 0 saturated heterocycles. The van der Waals surface area contributed by atoms with E-state index in [0.717, 1.165) is 34.8 Å². The van der Waals surface area contributed by atoms with E-state index in [1.54, 1.807) is 0 Å². The summed E-state index contributed by atoms with van der Waals surface area (Å²) in [6.45, 7) is 1.93. The molecule has 1 heterocycles. The third-order valence-electron chi connectivity index (χ3n) is 2.36. The van der Waals surface area contributed by atoms with Crippen LogP contribution in [0.5, 0.6) is 0 Å². The van der Waals surface area contributed by atoms with Gasteiger partial charge < -0.3 is 5.11 Å². The summed E-state index contributed by atoms with van der Waals surface area (Å²) < 4.78 is 0. The van der Waals surface area contributed by atoms with Gasteiger partial charge in [0.1, 0.15) is 0 Å². The third kappa shape index (κ3) is 1.46. The molecule has 0 bridgehead atoms. The third-order valence-corrected chi connectivity index (χ3v) is 3.48. The lowest BCUT2D eigenvalue weighted by Crippen LogP contribution is -2.16. The van der Waals surface area contributed by atoms with Crippen LogP contribution in [0.3, 0.4) is 0 Å². The molecule has 0 saturated carbocycles. The molecule has 2 rings (SSSR count). The highest BCUT2D eigenvalue weighted by atomic mass is 32.1. The number of hydrogen-bond acceptors (Lipinski definition) is 3. The molecule has 1 aliphatic rings. The molecule has 0 fully saturated rings. The van der Waals surface area contributed by atoms with Crippen LogP contribution >= 0.6 is 11.3 Å². The fraction of sp³-hybridized carbons (Fsp3) is 0.556. The van der Waals surface area contributed by atoms with Gasteiger partial charge in [0, 0.05) is 4.88 Å². The van der Waals surface area contributed by atoms with Crippen molar-refractivity contribution in [3.05, 3.63) is 15.6 Å². The van der Waals surface area contributed by atoms with Crippen molar-refractivity contribution in [1.82, 2.24) is 4.98 Å². The van der Waals surface area contributed by atoms with Crippen molar-refractivity contribution < 1.29 is 9.90 Å². The second kappa shape index (κ2) is 3.10. The maximum Gasteiger partial charge on any atom is 0.311 e. The molecule has 1 aliphatic carbocycles. The van der Waals surface area contributed by atoms with Gasteiger partial charge in [0.2, 0.25) is 0 Å². The summed E-state index contributed by atoms with van der Waals surface area (Å²) in [5.41, 5.74) is 1.01. The van der Waals surface area contributed by atoms with E-state index in [1.807, 2.05) is 6.92 Å². The number of hydrogen-bond donors (Lipinski definition) is 1. The summed E-state index contributed by atoms with van der Waals surface area (Å²) in [7, 11) is 0. The Labute approximate surface area is 80.4 Å². The van der Waals surface area contributed by atoms with Crippen LogP contribution in [0.4, 0.5) is 0 Å². The Morgan fingerprint density at radius 1 is 1.69 bits per heavy atom. The highest BCUT2D eigenvalue weighted by molar-refractivity contribution is 7.11. The van der Waals surface area contributed by atoms with Gasteiger partial charge in [0.15, 0.2) is 0 Å². The highest BCUT2D eigenvalue weighted by Gasteiger charge is 2.28. The largest absolute Gasteiger partial charge is 0.481 e. The van der Waals surface area contributed by atoms with E-state index in [1.165, 1.54) is 11.3 Å². The van der Waals surface area contributed by atoms with Crippen LogP contribution in [-0.2, 0) is 11.2 Å². The Kier molecular flexibility index (Phi) is 2.07. The average molecular weight is 197 g/mol. The number of aromatic nitrogens is 1. The van der Waals surface area contributed by atoms with Crippen molar-refractivity contribution in [1.29, 1.82) is 0 Å². The van der Waals surface area contributed by atoms with Gasteiger partial charge in [-0.05, 0) is 26.2 Å². The van der Waals surface area contributed by atoms with E-state index >= 15 is 0 Å². The number of rotatable bonds is 1. The molecule has 1 aromatic heterocycles. The van der Waals surface area contributed by atoms with Gasteiger partial charge in [-0.15, -0.1) is 11.3 Å². The molecule has 1 unspecified atom stereocenters. The minimum absolute atomic E-state index is 0.296. The molecule has 1 N–H and O–H groups in total. The maximum absolute atomic E-state index is 10.9. The Morgan fingerprint density at radius 2 is 2.46 bits per heavy atom. The van der Waals surface area contributed by atoms with Crippen molar-refractivity contribution >= 4 is 17.3 Å². The first kappa shape index (κ1) is 8.69. The molecule has 13 heavy (non-hydrogen) atoms. The number of carboxylic acid groups (broad SMARTS) is 1. The van der Waals surface area contributed by atoms with Crippen LogP contribution in [0, 0.1) is 6.92 Å². The first-order chi connectivity index (χ1) is 6.18. The predicted octanol–water partition coefficient (Wildman–Crippen LogP) is 1.96. The minimum Gasteiger partial charge on any atom is -0.481 e. The lowest BCUT2D eigenvalue weighted by molar-refractivity contribution is -0.139. The SMILES string of the molecule is Cc1nc2c(s1)C(C(=O)O)CCC2. The number of aliphatic carboxylic acids is 1. The summed E-state index contributed by atoms with van der Waals surface area (Å²) in [6.07, 6.45) is 2.67. The van der Waals surface area contributed by atoms with Crippen molar-refractivity contribution in [2.45, 2.75) is 32.1 Å². The predicted molar refractivity (Wildman–Crippen MR) is 50.2 cm³/mol. The van der Waals surface area contributed by atoms with Gasteiger partial charge in [-0.2, -0.15) is 0 Å².